The first-order valence-corrected chi connectivity index (χ1v) is 6.69. The van der Waals surface area contributed by atoms with E-state index < -0.39 is 11.7 Å². The van der Waals surface area contributed by atoms with Crippen molar-refractivity contribution in [1.82, 2.24) is 0 Å². The smallest absolute Gasteiger partial charge is 0.258 e. The number of nitrogens with zero attached hydrogens (tertiary/aromatic N) is 1. The average Bonchev–Trinajstić information content (AvgIpc) is 2.48. The average molecular weight is 349 g/mol. The van der Waals surface area contributed by atoms with Gasteiger partial charge in [-0.05, 0) is 30.3 Å². The molecule has 0 aromatic heterocycles. The highest BCUT2D eigenvalue weighted by atomic mass is 79.9. The number of amides is 1. The predicted octanol–water partition coefficient (Wildman–Crippen LogP) is 3.72. The zero-order valence-electron chi connectivity index (χ0n) is 11.0. The molecule has 0 unspecified atom stereocenters. The van der Waals surface area contributed by atoms with Crippen LogP contribution < -0.4 is 10.1 Å². The van der Waals surface area contributed by atoms with Crippen LogP contribution in [0.4, 0.5) is 10.1 Å². The summed E-state index contributed by atoms with van der Waals surface area (Å²) in [5.41, 5.74) is 0.482. The van der Waals surface area contributed by atoms with Crippen LogP contribution in [0.25, 0.3) is 0 Å². The largest absolute Gasteiger partial charge is 0.497 e. The highest BCUT2D eigenvalue weighted by molar-refractivity contribution is 9.10. The number of carbonyl (C=O) groups excluding carboxylic acids is 1. The SMILES string of the molecule is COc1ccc(C(=O)Nc2ccc(Br)cc2C#N)c(F)c1. The van der Waals surface area contributed by atoms with Gasteiger partial charge in [0.25, 0.3) is 5.91 Å². The van der Waals surface area contributed by atoms with Crippen LogP contribution in [0.15, 0.2) is 40.9 Å². The number of methoxy groups -OCH3 is 1. The maximum Gasteiger partial charge on any atom is 0.258 e. The Morgan fingerprint density at radius 3 is 2.71 bits per heavy atom. The van der Waals surface area contributed by atoms with Crippen molar-refractivity contribution in [3.63, 3.8) is 0 Å². The van der Waals surface area contributed by atoms with Gasteiger partial charge < -0.3 is 10.1 Å². The topological polar surface area (TPSA) is 62.1 Å². The number of nitriles is 1. The van der Waals surface area contributed by atoms with Crippen molar-refractivity contribution in [3.05, 3.63) is 57.8 Å². The molecular weight excluding hydrogens is 339 g/mol. The van der Waals surface area contributed by atoms with Gasteiger partial charge in [-0.1, -0.05) is 15.9 Å². The van der Waals surface area contributed by atoms with Crippen molar-refractivity contribution in [1.29, 1.82) is 5.26 Å². The quantitative estimate of drug-likeness (QED) is 0.919. The predicted molar refractivity (Wildman–Crippen MR) is 79.8 cm³/mol. The van der Waals surface area contributed by atoms with E-state index in [1.165, 1.54) is 19.2 Å². The molecule has 0 aliphatic rings. The van der Waals surface area contributed by atoms with Gasteiger partial charge in [-0.3, -0.25) is 4.79 Å². The number of nitrogens with one attached hydrogen (secondary N) is 1. The molecule has 106 valence electrons. The Morgan fingerprint density at radius 1 is 1.33 bits per heavy atom. The molecule has 2 aromatic carbocycles. The molecule has 0 saturated heterocycles. The minimum absolute atomic E-state index is 0.123. The van der Waals surface area contributed by atoms with Crippen LogP contribution in [0.5, 0.6) is 5.75 Å². The van der Waals surface area contributed by atoms with E-state index in [9.17, 15) is 9.18 Å². The van der Waals surface area contributed by atoms with Gasteiger partial charge in [0, 0.05) is 10.5 Å². The third kappa shape index (κ3) is 3.38. The second kappa shape index (κ2) is 6.37. The minimum Gasteiger partial charge on any atom is -0.497 e. The third-order valence-electron chi connectivity index (χ3n) is 2.77. The number of benzene rings is 2. The Balaban J connectivity index is 2.29. The fourth-order valence-corrected chi connectivity index (χ4v) is 2.08. The van der Waals surface area contributed by atoms with Crippen molar-refractivity contribution in [3.8, 4) is 11.8 Å². The lowest BCUT2D eigenvalue weighted by molar-refractivity contribution is 0.102. The van der Waals surface area contributed by atoms with E-state index in [0.717, 1.165) is 6.07 Å². The number of hydrogen-bond acceptors (Lipinski definition) is 3. The molecule has 0 aliphatic heterocycles. The molecule has 0 fully saturated rings. The molecule has 4 nitrogen and oxygen atoms in total. The van der Waals surface area contributed by atoms with Crippen LogP contribution in [-0.4, -0.2) is 13.0 Å². The summed E-state index contributed by atoms with van der Waals surface area (Å²) in [5.74, 6) is -0.998. The van der Waals surface area contributed by atoms with E-state index in [0.29, 0.717) is 15.9 Å². The van der Waals surface area contributed by atoms with E-state index >= 15 is 0 Å². The molecule has 21 heavy (non-hydrogen) atoms. The molecule has 2 rings (SSSR count). The van der Waals surface area contributed by atoms with Crippen molar-refractivity contribution < 1.29 is 13.9 Å². The molecule has 1 amide bonds. The molecular formula is C15H10BrFN2O2. The number of rotatable bonds is 3. The van der Waals surface area contributed by atoms with E-state index in [1.807, 2.05) is 6.07 Å². The van der Waals surface area contributed by atoms with Gasteiger partial charge in [0.1, 0.15) is 17.6 Å². The highest BCUT2D eigenvalue weighted by Gasteiger charge is 2.14. The summed E-state index contributed by atoms with van der Waals surface area (Å²) in [6.07, 6.45) is 0. The summed E-state index contributed by atoms with van der Waals surface area (Å²) in [7, 11) is 1.41. The lowest BCUT2D eigenvalue weighted by Crippen LogP contribution is -2.14. The van der Waals surface area contributed by atoms with E-state index in [4.69, 9.17) is 10.00 Å². The molecule has 0 spiro atoms. The molecule has 1 N–H and O–H groups in total. The van der Waals surface area contributed by atoms with Gasteiger partial charge in [0.2, 0.25) is 0 Å². The number of hydrogen-bond donors (Lipinski definition) is 1. The second-order valence-corrected chi connectivity index (χ2v) is 5.02. The summed E-state index contributed by atoms with van der Waals surface area (Å²) in [6.45, 7) is 0. The van der Waals surface area contributed by atoms with Crippen LogP contribution in [0, 0.1) is 17.1 Å². The molecule has 0 atom stereocenters. The summed E-state index contributed by atoms with van der Waals surface area (Å²) in [4.78, 5) is 12.1. The van der Waals surface area contributed by atoms with Crippen LogP contribution in [0.3, 0.4) is 0 Å². The Morgan fingerprint density at radius 2 is 2.10 bits per heavy atom. The maximum atomic E-state index is 13.8. The Labute approximate surface area is 129 Å². The summed E-state index contributed by atoms with van der Waals surface area (Å²) in [5, 5.41) is 11.6. The van der Waals surface area contributed by atoms with Gasteiger partial charge in [-0.25, -0.2) is 4.39 Å². The highest BCUT2D eigenvalue weighted by Crippen LogP contribution is 2.22. The standard InChI is InChI=1S/C15H10BrFN2O2/c1-21-11-3-4-12(13(17)7-11)15(20)19-14-5-2-10(16)6-9(14)8-18/h2-7H,1H3,(H,19,20). The van der Waals surface area contributed by atoms with E-state index in [-0.39, 0.29) is 11.1 Å². The number of halogens is 2. The number of ether oxygens (including phenoxy) is 1. The lowest BCUT2D eigenvalue weighted by atomic mass is 10.1. The third-order valence-corrected chi connectivity index (χ3v) is 3.26. The monoisotopic (exact) mass is 348 g/mol. The molecule has 0 saturated carbocycles. The van der Waals surface area contributed by atoms with Crippen molar-refractivity contribution >= 4 is 27.5 Å². The zero-order valence-corrected chi connectivity index (χ0v) is 12.6. The van der Waals surface area contributed by atoms with Gasteiger partial charge in [-0.2, -0.15) is 5.26 Å². The molecule has 0 heterocycles. The lowest BCUT2D eigenvalue weighted by Gasteiger charge is -2.09. The Kier molecular flexibility index (Phi) is 4.55. The molecule has 0 bridgehead atoms. The summed E-state index contributed by atoms with van der Waals surface area (Å²) in [6, 6.07) is 10.7. The van der Waals surface area contributed by atoms with E-state index in [2.05, 4.69) is 21.2 Å². The molecule has 0 radical (unpaired) electrons. The summed E-state index contributed by atoms with van der Waals surface area (Å²) >= 11 is 3.24. The second-order valence-electron chi connectivity index (χ2n) is 4.10. The van der Waals surface area contributed by atoms with Gasteiger partial charge in [0.15, 0.2) is 0 Å². The van der Waals surface area contributed by atoms with Crippen molar-refractivity contribution in [2.24, 2.45) is 0 Å². The van der Waals surface area contributed by atoms with Crippen molar-refractivity contribution in [2.75, 3.05) is 12.4 Å². The normalized spacial score (nSPS) is 9.81. The van der Waals surface area contributed by atoms with Crippen LogP contribution in [0.2, 0.25) is 0 Å². The summed E-state index contributed by atoms with van der Waals surface area (Å²) < 4.78 is 19.4. The van der Waals surface area contributed by atoms with Crippen LogP contribution >= 0.6 is 15.9 Å². The Bertz CT molecular complexity index is 741. The first kappa shape index (κ1) is 15.0. The van der Waals surface area contributed by atoms with E-state index in [1.54, 1.807) is 18.2 Å². The first-order valence-electron chi connectivity index (χ1n) is 5.89. The zero-order chi connectivity index (χ0) is 15.4. The first-order chi connectivity index (χ1) is 10.0. The number of anilines is 1. The Hall–Kier alpha value is -2.39. The molecule has 6 heteroatoms. The van der Waals surface area contributed by atoms with Crippen molar-refractivity contribution in [2.45, 2.75) is 0 Å². The fraction of sp³-hybridized carbons (Fsp3) is 0.0667. The fourth-order valence-electron chi connectivity index (χ4n) is 1.71. The van der Waals surface area contributed by atoms with Gasteiger partial charge in [0.05, 0.1) is 23.9 Å². The minimum atomic E-state index is -0.692. The van der Waals surface area contributed by atoms with Crippen LogP contribution in [0.1, 0.15) is 15.9 Å². The number of carbonyl (C=O) groups is 1. The maximum absolute atomic E-state index is 13.8. The van der Waals surface area contributed by atoms with Gasteiger partial charge >= 0.3 is 0 Å². The van der Waals surface area contributed by atoms with Crippen LogP contribution in [-0.2, 0) is 0 Å². The molecule has 2 aromatic rings. The molecule has 0 aliphatic carbocycles. The van der Waals surface area contributed by atoms with Gasteiger partial charge in [-0.15, -0.1) is 0 Å².